The van der Waals surface area contributed by atoms with E-state index in [1.165, 1.54) is 19.2 Å². The molecular formula is C15H13NO4. The Hall–Kier alpha value is -2.82. The molecule has 0 aromatic heterocycles. The highest BCUT2D eigenvalue weighted by Gasteiger charge is 2.12. The lowest BCUT2D eigenvalue weighted by atomic mass is 10.1. The number of aldehydes is 1. The van der Waals surface area contributed by atoms with Crippen molar-refractivity contribution in [1.82, 2.24) is 0 Å². The molecule has 0 saturated heterocycles. The Morgan fingerprint density at radius 3 is 2.75 bits per heavy atom. The van der Waals surface area contributed by atoms with E-state index in [1.54, 1.807) is 30.3 Å². The minimum atomic E-state index is -0.482. The summed E-state index contributed by atoms with van der Waals surface area (Å²) in [5.74, 6) is -0.158. The zero-order valence-electron chi connectivity index (χ0n) is 10.8. The van der Waals surface area contributed by atoms with Crippen molar-refractivity contribution in [3.8, 4) is 11.5 Å². The number of carbonyl (C=O) groups excluding carboxylic acids is 2. The van der Waals surface area contributed by atoms with E-state index >= 15 is 0 Å². The highest BCUT2D eigenvalue weighted by Crippen LogP contribution is 2.24. The molecule has 0 fully saturated rings. The van der Waals surface area contributed by atoms with E-state index in [0.717, 1.165) is 0 Å². The zero-order chi connectivity index (χ0) is 14.5. The number of phenols is 1. The Balaban J connectivity index is 2.25. The van der Waals surface area contributed by atoms with E-state index in [0.29, 0.717) is 23.3 Å². The van der Waals surface area contributed by atoms with Gasteiger partial charge in [0.25, 0.3) is 5.91 Å². The predicted octanol–water partition coefficient (Wildman–Crippen LogP) is 2.47. The van der Waals surface area contributed by atoms with Gasteiger partial charge in [0, 0.05) is 11.3 Å². The molecule has 0 radical (unpaired) electrons. The van der Waals surface area contributed by atoms with Gasteiger partial charge in [-0.25, -0.2) is 0 Å². The third-order valence-electron chi connectivity index (χ3n) is 2.73. The van der Waals surface area contributed by atoms with Crippen molar-refractivity contribution >= 4 is 17.9 Å². The van der Waals surface area contributed by atoms with Gasteiger partial charge in [-0.3, -0.25) is 9.59 Å². The van der Waals surface area contributed by atoms with E-state index in [-0.39, 0.29) is 11.3 Å². The van der Waals surface area contributed by atoms with E-state index < -0.39 is 5.91 Å². The minimum absolute atomic E-state index is 0.0980. The number of amides is 1. The summed E-state index contributed by atoms with van der Waals surface area (Å²) in [5, 5.41) is 12.3. The topological polar surface area (TPSA) is 75.6 Å². The fourth-order valence-electron chi connectivity index (χ4n) is 1.71. The molecule has 5 nitrogen and oxygen atoms in total. The van der Waals surface area contributed by atoms with Crippen LogP contribution in [0.5, 0.6) is 11.5 Å². The molecule has 2 aromatic carbocycles. The fourth-order valence-corrected chi connectivity index (χ4v) is 1.71. The smallest absolute Gasteiger partial charge is 0.259 e. The van der Waals surface area contributed by atoms with E-state index in [2.05, 4.69) is 5.32 Å². The van der Waals surface area contributed by atoms with Crippen LogP contribution in [-0.2, 0) is 0 Å². The summed E-state index contributed by atoms with van der Waals surface area (Å²) < 4.78 is 5.01. The molecule has 2 rings (SSSR count). The number of rotatable bonds is 4. The predicted molar refractivity (Wildman–Crippen MR) is 74.4 cm³/mol. The first-order valence-corrected chi connectivity index (χ1v) is 5.87. The number of aromatic hydroxyl groups is 1. The summed E-state index contributed by atoms with van der Waals surface area (Å²) >= 11 is 0. The van der Waals surface area contributed by atoms with E-state index in [9.17, 15) is 14.7 Å². The van der Waals surface area contributed by atoms with Crippen LogP contribution < -0.4 is 10.1 Å². The number of carbonyl (C=O) groups is 2. The Bertz CT molecular complexity index is 652. The second-order valence-electron chi connectivity index (χ2n) is 4.08. The third-order valence-corrected chi connectivity index (χ3v) is 2.73. The van der Waals surface area contributed by atoms with Gasteiger partial charge in [-0.15, -0.1) is 0 Å². The molecule has 0 atom stereocenters. The van der Waals surface area contributed by atoms with Gasteiger partial charge in [-0.2, -0.15) is 0 Å². The summed E-state index contributed by atoms with van der Waals surface area (Å²) in [7, 11) is 1.47. The Morgan fingerprint density at radius 2 is 2.05 bits per heavy atom. The molecule has 0 aliphatic heterocycles. The molecule has 0 heterocycles. The standard InChI is InChI=1S/C15H13NO4/c1-20-12-5-6-14(18)13(8-12)15(19)16-11-4-2-3-10(7-11)9-17/h2-9,18H,1H3,(H,16,19). The number of benzene rings is 2. The second kappa shape index (κ2) is 5.88. The molecular weight excluding hydrogens is 258 g/mol. The Kier molecular flexibility index (Phi) is 4.00. The van der Waals surface area contributed by atoms with Crippen molar-refractivity contribution in [2.45, 2.75) is 0 Å². The van der Waals surface area contributed by atoms with Gasteiger partial charge in [-0.1, -0.05) is 12.1 Å². The molecule has 0 saturated carbocycles. The van der Waals surface area contributed by atoms with Gasteiger partial charge in [0.1, 0.15) is 17.8 Å². The molecule has 20 heavy (non-hydrogen) atoms. The van der Waals surface area contributed by atoms with Crippen molar-refractivity contribution in [2.75, 3.05) is 12.4 Å². The first kappa shape index (κ1) is 13.6. The number of anilines is 1. The van der Waals surface area contributed by atoms with Crippen LogP contribution in [-0.4, -0.2) is 24.4 Å². The third kappa shape index (κ3) is 2.95. The molecule has 5 heteroatoms. The highest BCUT2D eigenvalue weighted by molar-refractivity contribution is 6.06. The maximum absolute atomic E-state index is 12.1. The first-order chi connectivity index (χ1) is 9.63. The number of hydrogen-bond acceptors (Lipinski definition) is 4. The first-order valence-electron chi connectivity index (χ1n) is 5.87. The summed E-state index contributed by atoms with van der Waals surface area (Å²) in [5.41, 5.74) is 1.03. The highest BCUT2D eigenvalue weighted by atomic mass is 16.5. The summed E-state index contributed by atoms with van der Waals surface area (Å²) in [6.45, 7) is 0. The molecule has 0 aliphatic rings. The number of phenolic OH excluding ortho intramolecular Hbond substituents is 1. The van der Waals surface area contributed by atoms with Crippen LogP contribution in [0.15, 0.2) is 42.5 Å². The maximum Gasteiger partial charge on any atom is 0.259 e. The van der Waals surface area contributed by atoms with Crippen LogP contribution >= 0.6 is 0 Å². The van der Waals surface area contributed by atoms with Crippen molar-refractivity contribution in [2.24, 2.45) is 0 Å². The zero-order valence-corrected chi connectivity index (χ0v) is 10.8. The number of hydrogen-bond donors (Lipinski definition) is 2. The van der Waals surface area contributed by atoms with Gasteiger partial charge in [0.15, 0.2) is 0 Å². The molecule has 1 amide bonds. The van der Waals surface area contributed by atoms with Crippen LogP contribution in [0.3, 0.4) is 0 Å². The number of nitrogens with one attached hydrogen (secondary N) is 1. The van der Waals surface area contributed by atoms with Gasteiger partial charge in [0.05, 0.1) is 12.7 Å². The largest absolute Gasteiger partial charge is 0.507 e. The molecule has 0 unspecified atom stereocenters. The average molecular weight is 271 g/mol. The monoisotopic (exact) mass is 271 g/mol. The van der Waals surface area contributed by atoms with Crippen molar-refractivity contribution in [1.29, 1.82) is 0 Å². The van der Waals surface area contributed by atoms with Crippen LogP contribution in [0.1, 0.15) is 20.7 Å². The Morgan fingerprint density at radius 1 is 1.25 bits per heavy atom. The van der Waals surface area contributed by atoms with Crippen LogP contribution in [0.25, 0.3) is 0 Å². The molecule has 2 N–H and O–H groups in total. The molecule has 0 aliphatic carbocycles. The lowest BCUT2D eigenvalue weighted by Gasteiger charge is -2.08. The van der Waals surface area contributed by atoms with Gasteiger partial charge < -0.3 is 15.2 Å². The van der Waals surface area contributed by atoms with E-state index in [1.807, 2.05) is 0 Å². The summed E-state index contributed by atoms with van der Waals surface area (Å²) in [4.78, 5) is 22.8. The minimum Gasteiger partial charge on any atom is -0.507 e. The van der Waals surface area contributed by atoms with Gasteiger partial charge in [-0.05, 0) is 30.3 Å². The molecule has 0 spiro atoms. The fraction of sp³-hybridized carbons (Fsp3) is 0.0667. The van der Waals surface area contributed by atoms with Gasteiger partial charge in [0.2, 0.25) is 0 Å². The average Bonchev–Trinajstić information content (AvgIpc) is 2.47. The molecule has 2 aromatic rings. The molecule has 102 valence electrons. The molecule has 0 bridgehead atoms. The lowest BCUT2D eigenvalue weighted by molar-refractivity contribution is 0.102. The quantitative estimate of drug-likeness (QED) is 0.837. The second-order valence-corrected chi connectivity index (χ2v) is 4.08. The number of methoxy groups -OCH3 is 1. The summed E-state index contributed by atoms with van der Waals surface area (Å²) in [6, 6.07) is 10.9. The summed E-state index contributed by atoms with van der Waals surface area (Å²) in [6.07, 6.45) is 0.693. The van der Waals surface area contributed by atoms with Crippen molar-refractivity contribution in [3.05, 3.63) is 53.6 Å². The number of ether oxygens (including phenoxy) is 1. The maximum atomic E-state index is 12.1. The van der Waals surface area contributed by atoms with E-state index in [4.69, 9.17) is 4.74 Å². The van der Waals surface area contributed by atoms with Crippen LogP contribution in [0.2, 0.25) is 0 Å². The lowest BCUT2D eigenvalue weighted by Crippen LogP contribution is -2.12. The SMILES string of the molecule is COc1ccc(O)c(C(=O)Nc2cccc(C=O)c2)c1. The normalized spacial score (nSPS) is 9.85. The Labute approximate surface area is 115 Å². The van der Waals surface area contributed by atoms with Gasteiger partial charge >= 0.3 is 0 Å². The van der Waals surface area contributed by atoms with Crippen molar-refractivity contribution < 1.29 is 19.4 Å². The van der Waals surface area contributed by atoms with Crippen LogP contribution in [0, 0.1) is 0 Å². The van der Waals surface area contributed by atoms with Crippen molar-refractivity contribution in [3.63, 3.8) is 0 Å². The van der Waals surface area contributed by atoms with Crippen LogP contribution in [0.4, 0.5) is 5.69 Å².